The molecule has 1 saturated heterocycles. The zero-order chi connectivity index (χ0) is 22.5. The molecule has 1 amide bonds. The van der Waals surface area contributed by atoms with Gasteiger partial charge in [-0.05, 0) is 49.6 Å². The third-order valence-electron chi connectivity index (χ3n) is 5.26. The molecule has 0 aromatic heterocycles. The van der Waals surface area contributed by atoms with Crippen molar-refractivity contribution in [2.45, 2.75) is 39.7 Å². The van der Waals surface area contributed by atoms with E-state index in [9.17, 15) is 14.7 Å². The van der Waals surface area contributed by atoms with Crippen LogP contribution in [0.15, 0.2) is 48.0 Å². The van der Waals surface area contributed by atoms with Gasteiger partial charge >= 0.3 is 0 Å². The highest BCUT2D eigenvalue weighted by Gasteiger charge is 2.46. The van der Waals surface area contributed by atoms with Gasteiger partial charge in [-0.1, -0.05) is 37.6 Å². The van der Waals surface area contributed by atoms with E-state index in [1.54, 1.807) is 12.1 Å². The molecule has 1 aliphatic heterocycles. The van der Waals surface area contributed by atoms with Crippen molar-refractivity contribution in [3.63, 3.8) is 0 Å². The number of likely N-dealkylation sites (tertiary alicyclic amines) is 1. The molecule has 6 nitrogen and oxygen atoms in total. The van der Waals surface area contributed by atoms with Crippen molar-refractivity contribution < 1.29 is 24.2 Å². The second-order valence-corrected chi connectivity index (χ2v) is 7.62. The van der Waals surface area contributed by atoms with Gasteiger partial charge in [-0.3, -0.25) is 9.59 Å². The van der Waals surface area contributed by atoms with Crippen molar-refractivity contribution in [3.05, 3.63) is 64.7 Å². The monoisotopic (exact) mass is 423 g/mol. The van der Waals surface area contributed by atoms with E-state index in [1.807, 2.05) is 51.1 Å². The average molecular weight is 424 g/mol. The Kier molecular flexibility index (Phi) is 7.00. The molecule has 0 aliphatic carbocycles. The smallest absolute Gasteiger partial charge is 0.295 e. The zero-order valence-corrected chi connectivity index (χ0v) is 18.5. The van der Waals surface area contributed by atoms with Gasteiger partial charge in [0.15, 0.2) is 0 Å². The summed E-state index contributed by atoms with van der Waals surface area (Å²) in [5.74, 6) is -0.445. The number of aliphatic hydroxyl groups is 1. The molecule has 2 aromatic carbocycles. The largest absolute Gasteiger partial charge is 0.507 e. The Morgan fingerprint density at radius 2 is 1.87 bits per heavy atom. The summed E-state index contributed by atoms with van der Waals surface area (Å²) in [6, 6.07) is 12.0. The van der Waals surface area contributed by atoms with Crippen LogP contribution in [0.1, 0.15) is 49.4 Å². The van der Waals surface area contributed by atoms with E-state index >= 15 is 0 Å². The second-order valence-electron chi connectivity index (χ2n) is 7.62. The first-order valence-corrected chi connectivity index (χ1v) is 10.6. The molecule has 0 spiro atoms. The second kappa shape index (κ2) is 9.69. The average Bonchev–Trinajstić information content (AvgIpc) is 3.02. The van der Waals surface area contributed by atoms with Crippen molar-refractivity contribution >= 4 is 17.4 Å². The first-order valence-electron chi connectivity index (χ1n) is 10.6. The number of ether oxygens (including phenoxy) is 2. The SMILES string of the molecule is CCCOc1cccc(C2/C(=C(\O)c3cc(C)ccc3OC)C(=O)C(=O)N2CCC)c1. The van der Waals surface area contributed by atoms with Gasteiger partial charge in [0, 0.05) is 6.54 Å². The van der Waals surface area contributed by atoms with Crippen LogP contribution in [0.5, 0.6) is 11.5 Å². The molecule has 6 heteroatoms. The minimum atomic E-state index is -0.699. The lowest BCUT2D eigenvalue weighted by Crippen LogP contribution is -2.30. The minimum absolute atomic E-state index is 0.0648. The molecule has 3 rings (SSSR count). The Hall–Kier alpha value is -3.28. The Bertz CT molecular complexity index is 1010. The molecular formula is C25H29NO5. The van der Waals surface area contributed by atoms with Crippen LogP contribution < -0.4 is 9.47 Å². The lowest BCUT2D eigenvalue weighted by molar-refractivity contribution is -0.139. The summed E-state index contributed by atoms with van der Waals surface area (Å²) in [4.78, 5) is 27.4. The number of rotatable bonds is 8. The number of carbonyl (C=O) groups is 2. The number of hydrogen-bond donors (Lipinski definition) is 1. The molecule has 1 heterocycles. The van der Waals surface area contributed by atoms with Gasteiger partial charge < -0.3 is 19.5 Å². The number of hydrogen-bond acceptors (Lipinski definition) is 5. The maximum absolute atomic E-state index is 13.0. The van der Waals surface area contributed by atoms with E-state index in [4.69, 9.17) is 9.47 Å². The molecule has 1 atom stereocenters. The third-order valence-corrected chi connectivity index (χ3v) is 5.26. The van der Waals surface area contributed by atoms with Crippen LogP contribution in [-0.2, 0) is 9.59 Å². The Labute approximate surface area is 183 Å². The normalized spacial score (nSPS) is 17.8. The first kappa shape index (κ1) is 22.4. The standard InChI is InChI=1S/C25H29NO5/c1-5-12-26-22(17-8-7-9-18(15-17)31-13-6-2)21(24(28)25(26)29)23(27)19-14-16(3)10-11-20(19)30-4/h7-11,14-15,22,27H,5-6,12-13H2,1-4H3/b23-21+. The van der Waals surface area contributed by atoms with Gasteiger partial charge in [0.1, 0.15) is 17.3 Å². The number of benzene rings is 2. The van der Waals surface area contributed by atoms with Crippen molar-refractivity contribution in [3.8, 4) is 11.5 Å². The van der Waals surface area contributed by atoms with Gasteiger partial charge in [-0.2, -0.15) is 0 Å². The zero-order valence-electron chi connectivity index (χ0n) is 18.5. The molecule has 164 valence electrons. The summed E-state index contributed by atoms with van der Waals surface area (Å²) in [5, 5.41) is 11.2. The highest BCUT2D eigenvalue weighted by molar-refractivity contribution is 6.46. The number of Topliss-reactive ketones (excluding diaryl/α,β-unsaturated/α-hetero) is 1. The molecule has 0 saturated carbocycles. The lowest BCUT2D eigenvalue weighted by Gasteiger charge is -2.25. The van der Waals surface area contributed by atoms with Crippen molar-refractivity contribution in [2.24, 2.45) is 0 Å². The van der Waals surface area contributed by atoms with Gasteiger partial charge in [0.2, 0.25) is 0 Å². The fourth-order valence-electron chi connectivity index (χ4n) is 3.84. The highest BCUT2D eigenvalue weighted by atomic mass is 16.5. The van der Waals surface area contributed by atoms with Crippen LogP contribution in [0.4, 0.5) is 0 Å². The predicted octanol–water partition coefficient (Wildman–Crippen LogP) is 4.62. The number of methoxy groups -OCH3 is 1. The summed E-state index contributed by atoms with van der Waals surface area (Å²) in [6.45, 7) is 6.82. The predicted molar refractivity (Wildman–Crippen MR) is 119 cm³/mol. The minimum Gasteiger partial charge on any atom is -0.507 e. The molecule has 1 fully saturated rings. The maximum Gasteiger partial charge on any atom is 0.295 e. The van der Waals surface area contributed by atoms with Crippen molar-refractivity contribution in [2.75, 3.05) is 20.3 Å². The van der Waals surface area contributed by atoms with E-state index in [2.05, 4.69) is 0 Å². The number of carbonyl (C=O) groups excluding carboxylic acids is 2. The fraction of sp³-hybridized carbons (Fsp3) is 0.360. The molecular weight excluding hydrogens is 394 g/mol. The Morgan fingerprint density at radius 1 is 1.10 bits per heavy atom. The molecule has 0 radical (unpaired) electrons. The van der Waals surface area contributed by atoms with E-state index in [-0.39, 0.29) is 11.3 Å². The summed E-state index contributed by atoms with van der Waals surface area (Å²) < 4.78 is 11.1. The third kappa shape index (κ3) is 4.43. The summed E-state index contributed by atoms with van der Waals surface area (Å²) in [5.41, 5.74) is 2.07. The van der Waals surface area contributed by atoms with Gasteiger partial charge in [0.05, 0.1) is 30.9 Å². The van der Waals surface area contributed by atoms with Crippen molar-refractivity contribution in [1.82, 2.24) is 4.90 Å². The summed E-state index contributed by atoms with van der Waals surface area (Å²) >= 11 is 0. The number of aliphatic hydroxyl groups excluding tert-OH is 1. The molecule has 2 aromatic rings. The van der Waals surface area contributed by atoms with E-state index in [1.165, 1.54) is 12.0 Å². The van der Waals surface area contributed by atoms with Gasteiger partial charge in [-0.25, -0.2) is 0 Å². The van der Waals surface area contributed by atoms with Crippen LogP contribution in [0.3, 0.4) is 0 Å². The molecule has 1 N–H and O–H groups in total. The Morgan fingerprint density at radius 3 is 2.55 bits per heavy atom. The number of nitrogens with zero attached hydrogens (tertiary/aromatic N) is 1. The van der Waals surface area contributed by atoms with E-state index in [0.717, 1.165) is 17.5 Å². The van der Waals surface area contributed by atoms with E-state index < -0.39 is 17.7 Å². The van der Waals surface area contributed by atoms with Crippen LogP contribution in [-0.4, -0.2) is 42.0 Å². The number of aryl methyl sites for hydroxylation is 1. The first-order chi connectivity index (χ1) is 14.9. The maximum atomic E-state index is 13.0. The molecule has 1 unspecified atom stereocenters. The topological polar surface area (TPSA) is 76.1 Å². The molecule has 1 aliphatic rings. The summed E-state index contributed by atoms with van der Waals surface area (Å²) in [7, 11) is 1.50. The van der Waals surface area contributed by atoms with E-state index in [0.29, 0.717) is 36.6 Å². The van der Waals surface area contributed by atoms with Crippen LogP contribution in [0.2, 0.25) is 0 Å². The number of amides is 1. The van der Waals surface area contributed by atoms with Gasteiger partial charge in [0.25, 0.3) is 11.7 Å². The highest BCUT2D eigenvalue weighted by Crippen LogP contribution is 2.41. The Balaban J connectivity index is 2.20. The van der Waals surface area contributed by atoms with Crippen LogP contribution >= 0.6 is 0 Å². The van der Waals surface area contributed by atoms with Crippen LogP contribution in [0, 0.1) is 6.92 Å². The van der Waals surface area contributed by atoms with Gasteiger partial charge in [-0.15, -0.1) is 0 Å². The number of ketones is 1. The molecule has 31 heavy (non-hydrogen) atoms. The summed E-state index contributed by atoms with van der Waals surface area (Å²) in [6.07, 6.45) is 1.55. The van der Waals surface area contributed by atoms with Crippen molar-refractivity contribution in [1.29, 1.82) is 0 Å². The molecule has 0 bridgehead atoms. The quantitative estimate of drug-likeness (QED) is 0.381. The lowest BCUT2D eigenvalue weighted by atomic mass is 9.94. The van der Waals surface area contributed by atoms with Crippen LogP contribution in [0.25, 0.3) is 5.76 Å². The fourth-order valence-corrected chi connectivity index (χ4v) is 3.84.